The van der Waals surface area contributed by atoms with Gasteiger partial charge in [-0.2, -0.15) is 0 Å². The lowest BCUT2D eigenvalue weighted by atomic mass is 10.2. The van der Waals surface area contributed by atoms with E-state index >= 15 is 0 Å². The van der Waals surface area contributed by atoms with Gasteiger partial charge in [0.15, 0.2) is 0 Å². The van der Waals surface area contributed by atoms with Crippen molar-refractivity contribution in [3.05, 3.63) is 23.8 Å². The molecule has 0 atom stereocenters. The summed E-state index contributed by atoms with van der Waals surface area (Å²) in [6.45, 7) is 1.86. The third-order valence-corrected chi connectivity index (χ3v) is 6.97. The van der Waals surface area contributed by atoms with Gasteiger partial charge in [0.2, 0.25) is 10.0 Å². The third-order valence-electron chi connectivity index (χ3n) is 3.40. The molecule has 1 aromatic rings. The zero-order valence-electron chi connectivity index (χ0n) is 11.2. The zero-order valence-corrected chi connectivity index (χ0v) is 12.8. The van der Waals surface area contributed by atoms with E-state index in [0.29, 0.717) is 11.4 Å². The molecule has 6 nitrogen and oxygen atoms in total. The molecule has 0 bridgehead atoms. The van der Waals surface area contributed by atoms with Crippen molar-refractivity contribution in [2.75, 3.05) is 22.0 Å². The van der Waals surface area contributed by atoms with Crippen LogP contribution in [0.3, 0.4) is 0 Å². The van der Waals surface area contributed by atoms with Gasteiger partial charge in [-0.25, -0.2) is 16.8 Å². The van der Waals surface area contributed by atoms with Crippen molar-refractivity contribution in [3.8, 4) is 0 Å². The van der Waals surface area contributed by atoms with E-state index < -0.39 is 25.1 Å². The number of benzene rings is 1. The van der Waals surface area contributed by atoms with Crippen LogP contribution >= 0.6 is 0 Å². The fourth-order valence-corrected chi connectivity index (χ4v) is 5.50. The van der Waals surface area contributed by atoms with Crippen molar-refractivity contribution in [2.24, 2.45) is 0 Å². The van der Waals surface area contributed by atoms with Crippen LogP contribution in [0.25, 0.3) is 0 Å². The summed E-state index contributed by atoms with van der Waals surface area (Å²) < 4.78 is 49.6. The number of anilines is 2. The smallest absolute Gasteiger partial charge is 0.235 e. The number of nitrogen functional groups attached to an aromatic ring is 1. The highest BCUT2D eigenvalue weighted by molar-refractivity contribution is 7.94. The summed E-state index contributed by atoms with van der Waals surface area (Å²) in [6, 6.07) is 5.06. The predicted octanol–water partition coefficient (Wildman–Crippen LogP) is 0.896. The van der Waals surface area contributed by atoms with Gasteiger partial charge in [-0.1, -0.05) is 6.07 Å². The lowest BCUT2D eigenvalue weighted by Crippen LogP contribution is -2.36. The van der Waals surface area contributed by atoms with Crippen LogP contribution in [0.4, 0.5) is 11.4 Å². The maximum atomic E-state index is 12.2. The first-order valence-corrected chi connectivity index (χ1v) is 9.64. The van der Waals surface area contributed by atoms with Gasteiger partial charge in [-0.3, -0.25) is 4.72 Å². The average Bonchev–Trinajstić information content (AvgIpc) is 2.32. The maximum absolute atomic E-state index is 12.2. The highest BCUT2D eigenvalue weighted by Crippen LogP contribution is 2.25. The summed E-state index contributed by atoms with van der Waals surface area (Å²) in [5.41, 5.74) is 7.41. The van der Waals surface area contributed by atoms with Crippen molar-refractivity contribution in [1.29, 1.82) is 0 Å². The molecule has 20 heavy (non-hydrogen) atoms. The molecule has 0 spiro atoms. The molecule has 1 heterocycles. The Morgan fingerprint density at radius 3 is 2.40 bits per heavy atom. The first-order chi connectivity index (χ1) is 9.20. The van der Waals surface area contributed by atoms with Crippen molar-refractivity contribution < 1.29 is 16.8 Å². The Balaban J connectivity index is 2.16. The normalized spacial score (nSPS) is 19.6. The van der Waals surface area contributed by atoms with Crippen LogP contribution in [0.2, 0.25) is 0 Å². The first-order valence-electron chi connectivity index (χ1n) is 6.28. The summed E-state index contributed by atoms with van der Waals surface area (Å²) in [7, 11) is -6.70. The molecule has 1 aliphatic rings. The van der Waals surface area contributed by atoms with Crippen LogP contribution in [0.15, 0.2) is 18.2 Å². The van der Waals surface area contributed by atoms with Crippen LogP contribution in [-0.4, -0.2) is 33.6 Å². The maximum Gasteiger partial charge on any atom is 0.235 e. The number of rotatable bonds is 3. The quantitative estimate of drug-likeness (QED) is 0.805. The molecule has 0 aliphatic carbocycles. The second-order valence-corrected chi connectivity index (χ2v) is 9.35. The van der Waals surface area contributed by atoms with Gasteiger partial charge < -0.3 is 5.73 Å². The number of sulfone groups is 1. The highest BCUT2D eigenvalue weighted by Gasteiger charge is 2.33. The van der Waals surface area contributed by atoms with E-state index in [2.05, 4.69) is 4.72 Å². The van der Waals surface area contributed by atoms with Crippen molar-refractivity contribution >= 4 is 31.2 Å². The summed E-state index contributed by atoms with van der Waals surface area (Å²) in [4.78, 5) is 0. The van der Waals surface area contributed by atoms with Crippen LogP contribution < -0.4 is 10.5 Å². The molecule has 1 aliphatic heterocycles. The van der Waals surface area contributed by atoms with Crippen LogP contribution in [-0.2, 0) is 19.9 Å². The van der Waals surface area contributed by atoms with Gasteiger partial charge in [0.25, 0.3) is 0 Å². The Morgan fingerprint density at radius 1 is 1.25 bits per heavy atom. The molecule has 112 valence electrons. The fraction of sp³-hybridized carbons (Fsp3) is 0.500. The molecule has 0 aromatic heterocycles. The summed E-state index contributed by atoms with van der Waals surface area (Å²) in [6.07, 6.45) is 0.257. The van der Waals surface area contributed by atoms with Crippen LogP contribution in [0.5, 0.6) is 0 Å². The van der Waals surface area contributed by atoms with Gasteiger partial charge in [-0.15, -0.1) is 0 Å². The largest absolute Gasteiger partial charge is 0.397 e. The number of hydrogen-bond donors (Lipinski definition) is 2. The standard InChI is InChI=1S/C12H18N2O4S2/c1-9-2-3-12(11(13)8-9)14-20(17,18)10-4-6-19(15,16)7-5-10/h2-3,8,10,14H,4-7,13H2,1H3. The van der Waals surface area contributed by atoms with Gasteiger partial charge >= 0.3 is 0 Å². The van der Waals surface area contributed by atoms with Gasteiger partial charge in [0, 0.05) is 0 Å². The van der Waals surface area contributed by atoms with Crippen LogP contribution in [0, 0.1) is 6.92 Å². The lowest BCUT2D eigenvalue weighted by Gasteiger charge is -2.23. The number of nitrogens with one attached hydrogen (secondary N) is 1. The van der Waals surface area contributed by atoms with Crippen molar-refractivity contribution in [3.63, 3.8) is 0 Å². The summed E-state index contributed by atoms with van der Waals surface area (Å²) in [5.74, 6) is -0.163. The van der Waals surface area contributed by atoms with Gasteiger partial charge in [-0.05, 0) is 37.5 Å². The third kappa shape index (κ3) is 3.43. The Hall–Kier alpha value is -1.28. The minimum Gasteiger partial charge on any atom is -0.397 e. The molecule has 1 saturated heterocycles. The number of nitrogens with two attached hydrogens (primary N) is 1. The van der Waals surface area contributed by atoms with Gasteiger partial charge in [0.1, 0.15) is 9.84 Å². The Bertz CT molecular complexity index is 697. The Labute approximate surface area is 119 Å². The molecule has 2 rings (SSSR count). The monoisotopic (exact) mass is 318 g/mol. The molecule has 1 aromatic carbocycles. The van der Waals surface area contributed by atoms with Crippen molar-refractivity contribution in [2.45, 2.75) is 25.0 Å². The molecular weight excluding hydrogens is 300 g/mol. The van der Waals surface area contributed by atoms with E-state index in [1.807, 2.05) is 6.92 Å². The molecule has 8 heteroatoms. The lowest BCUT2D eigenvalue weighted by molar-refractivity contribution is 0.555. The average molecular weight is 318 g/mol. The molecule has 0 saturated carbocycles. The number of aryl methyl sites for hydroxylation is 1. The van der Waals surface area contributed by atoms with E-state index in [1.54, 1.807) is 18.2 Å². The topological polar surface area (TPSA) is 106 Å². The molecular formula is C12H18N2O4S2. The van der Waals surface area contributed by atoms with Crippen molar-refractivity contribution in [1.82, 2.24) is 0 Å². The van der Waals surface area contributed by atoms with E-state index in [0.717, 1.165) is 5.56 Å². The summed E-state index contributed by atoms with van der Waals surface area (Å²) in [5, 5.41) is -0.688. The second-order valence-electron chi connectivity index (χ2n) is 5.09. The zero-order chi connectivity index (χ0) is 15.0. The number of hydrogen-bond acceptors (Lipinski definition) is 5. The van der Waals surface area contributed by atoms with Crippen LogP contribution in [0.1, 0.15) is 18.4 Å². The SMILES string of the molecule is Cc1ccc(NS(=O)(=O)C2CCS(=O)(=O)CC2)c(N)c1. The summed E-state index contributed by atoms with van der Waals surface area (Å²) >= 11 is 0. The molecule has 0 unspecified atom stereocenters. The number of sulfonamides is 1. The molecule has 3 N–H and O–H groups in total. The minimum atomic E-state index is -3.62. The minimum absolute atomic E-state index is 0.0814. The second kappa shape index (κ2) is 5.25. The molecule has 1 fully saturated rings. The Kier molecular flexibility index (Phi) is 3.97. The van der Waals surface area contributed by atoms with E-state index in [-0.39, 0.29) is 24.3 Å². The van der Waals surface area contributed by atoms with E-state index in [4.69, 9.17) is 5.73 Å². The van der Waals surface area contributed by atoms with Gasteiger partial charge in [0.05, 0.1) is 28.1 Å². The fourth-order valence-electron chi connectivity index (χ4n) is 2.19. The Morgan fingerprint density at radius 2 is 1.85 bits per heavy atom. The van der Waals surface area contributed by atoms with E-state index in [9.17, 15) is 16.8 Å². The molecule has 0 radical (unpaired) electrons. The highest BCUT2D eigenvalue weighted by atomic mass is 32.2. The predicted molar refractivity (Wildman–Crippen MR) is 79.8 cm³/mol. The molecule has 0 amide bonds. The first kappa shape index (κ1) is 15.1. The van der Waals surface area contributed by atoms with E-state index in [1.165, 1.54) is 0 Å².